The molecule has 0 N–H and O–H groups in total. The SMILES string of the molecule is CCC[C@H](O/N=C(\C)C(C)C)c1ccccc1. The van der Waals surface area contributed by atoms with E-state index in [2.05, 4.69) is 38.1 Å². The lowest BCUT2D eigenvalue weighted by molar-refractivity contribution is 0.0505. The molecule has 1 rings (SSSR count). The van der Waals surface area contributed by atoms with E-state index in [1.165, 1.54) is 5.56 Å². The molecule has 0 aromatic heterocycles. The molecule has 1 atom stereocenters. The summed E-state index contributed by atoms with van der Waals surface area (Å²) >= 11 is 0. The molecule has 0 radical (unpaired) electrons. The predicted molar refractivity (Wildman–Crippen MR) is 73.1 cm³/mol. The second-order valence-electron chi connectivity index (χ2n) is 4.68. The van der Waals surface area contributed by atoms with Gasteiger partial charge in [0.2, 0.25) is 0 Å². The van der Waals surface area contributed by atoms with Crippen molar-refractivity contribution in [2.45, 2.75) is 46.6 Å². The van der Waals surface area contributed by atoms with Gasteiger partial charge in [0.1, 0.15) is 0 Å². The maximum atomic E-state index is 5.68. The first-order valence-corrected chi connectivity index (χ1v) is 6.40. The lowest BCUT2D eigenvalue weighted by Crippen LogP contribution is -2.06. The van der Waals surface area contributed by atoms with Crippen LogP contribution < -0.4 is 0 Å². The molecule has 2 heteroatoms. The highest BCUT2D eigenvalue weighted by molar-refractivity contribution is 5.83. The van der Waals surface area contributed by atoms with Crippen LogP contribution >= 0.6 is 0 Å². The van der Waals surface area contributed by atoms with E-state index in [1.807, 2.05) is 25.1 Å². The zero-order valence-electron chi connectivity index (χ0n) is 11.3. The van der Waals surface area contributed by atoms with Crippen molar-refractivity contribution in [1.29, 1.82) is 0 Å². The van der Waals surface area contributed by atoms with Gasteiger partial charge >= 0.3 is 0 Å². The van der Waals surface area contributed by atoms with Crippen molar-refractivity contribution in [3.05, 3.63) is 35.9 Å². The van der Waals surface area contributed by atoms with Crippen LogP contribution in [0.3, 0.4) is 0 Å². The molecule has 0 heterocycles. The fourth-order valence-electron chi connectivity index (χ4n) is 1.46. The van der Waals surface area contributed by atoms with Gasteiger partial charge in [-0.05, 0) is 24.8 Å². The fraction of sp³-hybridized carbons (Fsp3) is 0.533. The highest BCUT2D eigenvalue weighted by atomic mass is 16.6. The Morgan fingerprint density at radius 2 is 1.88 bits per heavy atom. The number of nitrogens with zero attached hydrogens (tertiary/aromatic N) is 1. The van der Waals surface area contributed by atoms with Crippen LogP contribution in [0.1, 0.15) is 52.2 Å². The van der Waals surface area contributed by atoms with Crippen LogP contribution in [0.25, 0.3) is 0 Å². The van der Waals surface area contributed by atoms with E-state index < -0.39 is 0 Å². The Morgan fingerprint density at radius 1 is 1.24 bits per heavy atom. The van der Waals surface area contributed by atoms with E-state index in [-0.39, 0.29) is 6.10 Å². The van der Waals surface area contributed by atoms with Crippen molar-refractivity contribution in [3.8, 4) is 0 Å². The number of hydrogen-bond acceptors (Lipinski definition) is 2. The number of hydrogen-bond donors (Lipinski definition) is 0. The standard InChI is InChI=1S/C15H23NO/c1-5-9-15(14-10-7-6-8-11-14)17-16-13(4)12(2)3/h6-8,10-12,15H,5,9H2,1-4H3/b16-13+/t15-/m0/s1. The van der Waals surface area contributed by atoms with E-state index in [9.17, 15) is 0 Å². The largest absolute Gasteiger partial charge is 0.388 e. The van der Waals surface area contributed by atoms with Crippen LogP contribution in [0.15, 0.2) is 35.5 Å². The highest BCUT2D eigenvalue weighted by Gasteiger charge is 2.11. The molecule has 0 aliphatic rings. The minimum Gasteiger partial charge on any atom is -0.388 e. The second kappa shape index (κ2) is 7.10. The normalized spacial score (nSPS) is 13.8. The van der Waals surface area contributed by atoms with Crippen molar-refractivity contribution in [1.82, 2.24) is 0 Å². The first-order chi connectivity index (χ1) is 8.15. The molecule has 0 saturated carbocycles. The lowest BCUT2D eigenvalue weighted by atomic mass is 10.1. The molecule has 0 aliphatic heterocycles. The quantitative estimate of drug-likeness (QED) is 0.520. The fourth-order valence-corrected chi connectivity index (χ4v) is 1.46. The van der Waals surface area contributed by atoms with Crippen LogP contribution in [-0.4, -0.2) is 5.71 Å². The third-order valence-corrected chi connectivity index (χ3v) is 2.88. The maximum absolute atomic E-state index is 5.68. The molecule has 0 unspecified atom stereocenters. The van der Waals surface area contributed by atoms with Crippen LogP contribution in [0, 0.1) is 5.92 Å². The van der Waals surface area contributed by atoms with Gasteiger partial charge in [-0.1, -0.05) is 62.7 Å². The molecule has 0 fully saturated rings. The van der Waals surface area contributed by atoms with Gasteiger partial charge in [-0.25, -0.2) is 0 Å². The monoisotopic (exact) mass is 233 g/mol. The van der Waals surface area contributed by atoms with E-state index in [4.69, 9.17) is 4.84 Å². The zero-order chi connectivity index (χ0) is 12.7. The second-order valence-corrected chi connectivity index (χ2v) is 4.68. The maximum Gasteiger partial charge on any atom is 0.152 e. The first kappa shape index (κ1) is 13.8. The van der Waals surface area contributed by atoms with Crippen molar-refractivity contribution in [2.75, 3.05) is 0 Å². The Balaban J connectivity index is 2.71. The molecule has 0 spiro atoms. The summed E-state index contributed by atoms with van der Waals surface area (Å²) in [5, 5.41) is 4.24. The minimum absolute atomic E-state index is 0.0786. The van der Waals surface area contributed by atoms with E-state index >= 15 is 0 Å². The molecule has 0 bridgehead atoms. The molecule has 94 valence electrons. The van der Waals surface area contributed by atoms with E-state index in [0.29, 0.717) is 5.92 Å². The van der Waals surface area contributed by atoms with Crippen molar-refractivity contribution >= 4 is 5.71 Å². The summed E-state index contributed by atoms with van der Waals surface area (Å²) in [6.45, 7) is 8.43. The van der Waals surface area contributed by atoms with Crippen molar-refractivity contribution in [3.63, 3.8) is 0 Å². The van der Waals surface area contributed by atoms with Crippen molar-refractivity contribution in [2.24, 2.45) is 11.1 Å². The Bertz CT molecular complexity index is 343. The number of rotatable bonds is 6. The Hall–Kier alpha value is -1.31. The summed E-state index contributed by atoms with van der Waals surface area (Å²) in [6, 6.07) is 10.3. The first-order valence-electron chi connectivity index (χ1n) is 6.40. The Kier molecular flexibility index (Phi) is 5.75. The lowest BCUT2D eigenvalue weighted by Gasteiger charge is -2.15. The van der Waals surface area contributed by atoms with Crippen LogP contribution in [-0.2, 0) is 4.84 Å². The summed E-state index contributed by atoms with van der Waals surface area (Å²) in [5.41, 5.74) is 2.25. The average molecular weight is 233 g/mol. The molecule has 1 aromatic rings. The number of benzene rings is 1. The summed E-state index contributed by atoms with van der Waals surface area (Å²) < 4.78 is 0. The van der Waals surface area contributed by atoms with Crippen LogP contribution in [0.4, 0.5) is 0 Å². The Morgan fingerprint density at radius 3 is 2.41 bits per heavy atom. The van der Waals surface area contributed by atoms with Crippen LogP contribution in [0.5, 0.6) is 0 Å². The third kappa shape index (κ3) is 4.59. The van der Waals surface area contributed by atoms with Gasteiger partial charge in [-0.15, -0.1) is 0 Å². The summed E-state index contributed by atoms with van der Waals surface area (Å²) in [7, 11) is 0. The molecule has 0 aliphatic carbocycles. The van der Waals surface area contributed by atoms with Gasteiger partial charge in [0.05, 0.1) is 5.71 Å². The molecule has 0 saturated heterocycles. The zero-order valence-corrected chi connectivity index (χ0v) is 11.3. The topological polar surface area (TPSA) is 21.6 Å². The van der Waals surface area contributed by atoms with E-state index in [0.717, 1.165) is 18.6 Å². The van der Waals surface area contributed by atoms with Gasteiger partial charge in [-0.2, -0.15) is 0 Å². The molecular formula is C15H23NO. The van der Waals surface area contributed by atoms with Gasteiger partial charge in [0, 0.05) is 0 Å². The summed E-state index contributed by atoms with van der Waals surface area (Å²) in [5.74, 6) is 0.438. The van der Waals surface area contributed by atoms with Gasteiger partial charge < -0.3 is 4.84 Å². The Labute approximate surface area is 105 Å². The molecule has 17 heavy (non-hydrogen) atoms. The van der Waals surface area contributed by atoms with Gasteiger partial charge in [-0.3, -0.25) is 0 Å². The average Bonchev–Trinajstić information content (AvgIpc) is 2.35. The third-order valence-electron chi connectivity index (χ3n) is 2.88. The number of oxime groups is 1. The van der Waals surface area contributed by atoms with Crippen LogP contribution in [0.2, 0.25) is 0 Å². The molecular weight excluding hydrogens is 210 g/mol. The molecule has 0 amide bonds. The van der Waals surface area contributed by atoms with Gasteiger partial charge in [0.25, 0.3) is 0 Å². The van der Waals surface area contributed by atoms with Crippen molar-refractivity contribution < 1.29 is 4.84 Å². The summed E-state index contributed by atoms with van der Waals surface area (Å²) in [6.07, 6.45) is 2.17. The predicted octanol–water partition coefficient (Wildman–Crippen LogP) is 4.58. The minimum atomic E-state index is 0.0786. The molecule has 2 nitrogen and oxygen atoms in total. The highest BCUT2D eigenvalue weighted by Crippen LogP contribution is 2.23. The smallest absolute Gasteiger partial charge is 0.152 e. The van der Waals surface area contributed by atoms with E-state index in [1.54, 1.807) is 0 Å². The summed E-state index contributed by atoms with van der Waals surface area (Å²) in [4.78, 5) is 5.68. The van der Waals surface area contributed by atoms with Gasteiger partial charge in [0.15, 0.2) is 6.10 Å². The molecule has 1 aromatic carbocycles.